The van der Waals surface area contributed by atoms with Gasteiger partial charge in [-0.2, -0.15) is 0 Å². The maximum absolute atomic E-state index is 10.6. The second-order valence-corrected chi connectivity index (χ2v) is 3.20. The van der Waals surface area contributed by atoms with E-state index >= 15 is 0 Å². The highest BCUT2D eigenvalue weighted by molar-refractivity contribution is 7.13. The van der Waals surface area contributed by atoms with Crippen molar-refractivity contribution >= 4 is 39.9 Å². The summed E-state index contributed by atoms with van der Waals surface area (Å²) in [5.41, 5.74) is 0. The lowest BCUT2D eigenvalue weighted by molar-refractivity contribution is -0.134. The van der Waals surface area contributed by atoms with Crippen molar-refractivity contribution in [3.63, 3.8) is 0 Å². The third-order valence-corrected chi connectivity index (χ3v) is 1.73. The Balaban J connectivity index is 0.000000364. The molecule has 14 heavy (non-hydrogen) atoms. The van der Waals surface area contributed by atoms with Gasteiger partial charge in [-0.25, -0.2) is 4.98 Å². The van der Waals surface area contributed by atoms with Gasteiger partial charge in [0.15, 0.2) is 5.13 Å². The number of rotatable bonds is 2. The van der Waals surface area contributed by atoms with Crippen LogP contribution in [0.5, 0.6) is 0 Å². The van der Waals surface area contributed by atoms with Crippen LogP contribution in [-0.4, -0.2) is 27.8 Å². The number of halogens is 1. The summed E-state index contributed by atoms with van der Waals surface area (Å²) in [6, 6.07) is 0. The average molecular weight is 237 g/mol. The number of thiazole rings is 1. The molecule has 0 saturated carbocycles. The molecular formula is C7H9ClN2O3S. The molecular weight excluding hydrogens is 228 g/mol. The number of amides is 1. The number of nitrogens with zero attached hydrogens (tertiary/aromatic N) is 1. The standard InChI is InChI=1S/C5H5ClN2OS.C2H4O2/c6-3-4(9)8-5-7-1-2-10-5;1-2(3)4/h1-2H,3H2,(H,7,8,9);1H3,(H,3,4). The molecule has 78 valence electrons. The van der Waals surface area contributed by atoms with Gasteiger partial charge in [0.05, 0.1) is 0 Å². The number of carboxylic acid groups (broad SMARTS) is 1. The van der Waals surface area contributed by atoms with Gasteiger partial charge < -0.3 is 10.4 Å². The van der Waals surface area contributed by atoms with Crippen molar-refractivity contribution in [2.24, 2.45) is 0 Å². The zero-order valence-corrected chi connectivity index (χ0v) is 8.93. The van der Waals surface area contributed by atoms with E-state index in [1.54, 1.807) is 11.6 Å². The van der Waals surface area contributed by atoms with Crippen molar-refractivity contribution in [2.45, 2.75) is 6.92 Å². The van der Waals surface area contributed by atoms with Crippen LogP contribution in [0.15, 0.2) is 11.6 Å². The second kappa shape index (κ2) is 7.28. The van der Waals surface area contributed by atoms with E-state index in [-0.39, 0.29) is 11.8 Å². The van der Waals surface area contributed by atoms with E-state index in [1.165, 1.54) is 11.3 Å². The average Bonchev–Trinajstić information content (AvgIpc) is 2.55. The Morgan fingerprint density at radius 3 is 2.64 bits per heavy atom. The van der Waals surface area contributed by atoms with Crippen LogP contribution in [0.4, 0.5) is 5.13 Å². The minimum atomic E-state index is -0.833. The normalized spacial score (nSPS) is 8.43. The molecule has 1 aromatic heterocycles. The highest BCUT2D eigenvalue weighted by atomic mass is 35.5. The summed E-state index contributed by atoms with van der Waals surface area (Å²) in [6.45, 7) is 1.08. The van der Waals surface area contributed by atoms with Crippen LogP contribution in [-0.2, 0) is 9.59 Å². The Bertz CT molecular complexity index is 285. The fourth-order valence-electron chi connectivity index (χ4n) is 0.438. The van der Waals surface area contributed by atoms with E-state index in [2.05, 4.69) is 10.3 Å². The predicted octanol–water partition coefficient (Wildman–Crippen LogP) is 1.41. The topological polar surface area (TPSA) is 79.3 Å². The summed E-state index contributed by atoms with van der Waals surface area (Å²) in [4.78, 5) is 23.4. The molecule has 0 bridgehead atoms. The molecule has 0 fully saturated rings. The molecule has 0 aliphatic carbocycles. The zero-order chi connectivity index (χ0) is 11.0. The number of hydrogen-bond acceptors (Lipinski definition) is 4. The minimum Gasteiger partial charge on any atom is -0.481 e. The molecule has 1 heterocycles. The second-order valence-electron chi connectivity index (χ2n) is 2.04. The van der Waals surface area contributed by atoms with E-state index in [0.29, 0.717) is 5.13 Å². The van der Waals surface area contributed by atoms with Gasteiger partial charge in [0.1, 0.15) is 5.88 Å². The first-order chi connectivity index (χ1) is 6.56. The Morgan fingerprint density at radius 2 is 2.29 bits per heavy atom. The van der Waals surface area contributed by atoms with E-state index < -0.39 is 5.97 Å². The summed E-state index contributed by atoms with van der Waals surface area (Å²) in [5.74, 6) is -1.09. The van der Waals surface area contributed by atoms with Gasteiger partial charge in [-0.05, 0) is 0 Å². The van der Waals surface area contributed by atoms with Crippen molar-refractivity contribution in [2.75, 3.05) is 11.2 Å². The molecule has 1 aromatic rings. The Labute approximate surface area is 89.7 Å². The van der Waals surface area contributed by atoms with Gasteiger partial charge in [-0.1, -0.05) is 0 Å². The Kier molecular flexibility index (Phi) is 6.69. The van der Waals surface area contributed by atoms with Gasteiger partial charge in [-0.3, -0.25) is 9.59 Å². The summed E-state index contributed by atoms with van der Waals surface area (Å²) in [6.07, 6.45) is 1.62. The number of carbonyl (C=O) groups is 2. The van der Waals surface area contributed by atoms with Gasteiger partial charge in [0, 0.05) is 18.5 Å². The molecule has 1 rings (SSSR count). The van der Waals surface area contributed by atoms with Gasteiger partial charge >= 0.3 is 0 Å². The number of aromatic nitrogens is 1. The predicted molar refractivity (Wildman–Crippen MR) is 54.8 cm³/mol. The SMILES string of the molecule is CC(=O)O.O=C(CCl)Nc1nccs1. The van der Waals surface area contributed by atoms with Crippen molar-refractivity contribution in [1.82, 2.24) is 4.98 Å². The van der Waals surface area contributed by atoms with Crippen LogP contribution in [0.3, 0.4) is 0 Å². The highest BCUT2D eigenvalue weighted by Crippen LogP contribution is 2.09. The molecule has 0 atom stereocenters. The van der Waals surface area contributed by atoms with Crippen molar-refractivity contribution in [3.05, 3.63) is 11.6 Å². The number of anilines is 1. The lowest BCUT2D eigenvalue weighted by Gasteiger charge is -1.93. The maximum atomic E-state index is 10.6. The summed E-state index contributed by atoms with van der Waals surface area (Å²) < 4.78 is 0. The highest BCUT2D eigenvalue weighted by Gasteiger charge is 1.99. The molecule has 2 N–H and O–H groups in total. The minimum absolute atomic E-state index is 0.0282. The van der Waals surface area contributed by atoms with Gasteiger partial charge in [0.25, 0.3) is 5.97 Å². The first kappa shape index (κ1) is 12.9. The summed E-state index contributed by atoms with van der Waals surface area (Å²) in [7, 11) is 0. The van der Waals surface area contributed by atoms with Crippen molar-refractivity contribution < 1.29 is 14.7 Å². The van der Waals surface area contributed by atoms with E-state index in [1.807, 2.05) is 0 Å². The summed E-state index contributed by atoms with van der Waals surface area (Å²) in [5, 5.41) is 12.3. The number of carboxylic acids is 1. The molecule has 5 nitrogen and oxygen atoms in total. The van der Waals surface area contributed by atoms with Crippen LogP contribution < -0.4 is 5.32 Å². The lowest BCUT2D eigenvalue weighted by atomic mass is 10.7. The van der Waals surface area contributed by atoms with Crippen LogP contribution >= 0.6 is 22.9 Å². The van der Waals surface area contributed by atoms with E-state index in [4.69, 9.17) is 21.5 Å². The monoisotopic (exact) mass is 236 g/mol. The van der Waals surface area contributed by atoms with Crippen LogP contribution in [0.1, 0.15) is 6.92 Å². The van der Waals surface area contributed by atoms with E-state index in [9.17, 15) is 4.79 Å². The van der Waals surface area contributed by atoms with Crippen molar-refractivity contribution in [3.8, 4) is 0 Å². The zero-order valence-electron chi connectivity index (χ0n) is 7.36. The Morgan fingerprint density at radius 1 is 1.71 bits per heavy atom. The molecule has 0 radical (unpaired) electrons. The number of alkyl halides is 1. The molecule has 7 heteroatoms. The number of carbonyl (C=O) groups excluding carboxylic acids is 1. The number of hydrogen-bond donors (Lipinski definition) is 2. The maximum Gasteiger partial charge on any atom is 0.300 e. The number of aliphatic carboxylic acids is 1. The molecule has 0 aliphatic rings. The lowest BCUT2D eigenvalue weighted by Crippen LogP contribution is -2.11. The quantitative estimate of drug-likeness (QED) is 0.761. The third-order valence-electron chi connectivity index (χ3n) is 0.800. The van der Waals surface area contributed by atoms with Gasteiger partial charge in [-0.15, -0.1) is 22.9 Å². The molecule has 0 aromatic carbocycles. The number of nitrogens with one attached hydrogen (secondary N) is 1. The fraction of sp³-hybridized carbons (Fsp3) is 0.286. The molecule has 0 aliphatic heterocycles. The first-order valence-corrected chi connectivity index (χ1v) is 4.92. The van der Waals surface area contributed by atoms with Crippen molar-refractivity contribution in [1.29, 1.82) is 0 Å². The van der Waals surface area contributed by atoms with Gasteiger partial charge in [0.2, 0.25) is 5.91 Å². The Hall–Kier alpha value is -1.14. The molecule has 1 amide bonds. The van der Waals surface area contributed by atoms with E-state index in [0.717, 1.165) is 6.92 Å². The molecule has 0 saturated heterocycles. The fourth-order valence-corrected chi connectivity index (χ4v) is 1.05. The third kappa shape index (κ3) is 7.51. The van der Waals surface area contributed by atoms with Crippen LogP contribution in [0, 0.1) is 0 Å². The smallest absolute Gasteiger partial charge is 0.300 e. The summed E-state index contributed by atoms with van der Waals surface area (Å²) >= 11 is 6.60. The van der Waals surface area contributed by atoms with Crippen LogP contribution in [0.2, 0.25) is 0 Å². The molecule has 0 spiro atoms. The first-order valence-electron chi connectivity index (χ1n) is 3.51. The molecule has 0 unspecified atom stereocenters. The van der Waals surface area contributed by atoms with Crippen LogP contribution in [0.25, 0.3) is 0 Å². The largest absolute Gasteiger partial charge is 0.481 e.